The van der Waals surface area contributed by atoms with Gasteiger partial charge in [-0.2, -0.15) is 0 Å². The van der Waals surface area contributed by atoms with Gasteiger partial charge in [-0.1, -0.05) is 22.9 Å². The first-order valence-electron chi connectivity index (χ1n) is 5.15. The van der Waals surface area contributed by atoms with Crippen molar-refractivity contribution in [3.8, 4) is 0 Å². The molecule has 1 atom stereocenters. The van der Waals surface area contributed by atoms with Crippen LogP contribution >= 0.6 is 15.9 Å². The van der Waals surface area contributed by atoms with Gasteiger partial charge >= 0.3 is 0 Å². The summed E-state index contributed by atoms with van der Waals surface area (Å²) in [5.41, 5.74) is 0. The quantitative estimate of drug-likeness (QED) is 0.815. The highest BCUT2D eigenvalue weighted by Crippen LogP contribution is 2.08. The summed E-state index contributed by atoms with van der Waals surface area (Å²) in [6, 6.07) is 3.45. The molecule has 4 nitrogen and oxygen atoms in total. The fourth-order valence-electron chi connectivity index (χ4n) is 1.27. The number of rotatable bonds is 6. The second kappa shape index (κ2) is 6.70. The summed E-state index contributed by atoms with van der Waals surface area (Å²) in [7, 11) is 1.60. The molecule has 1 aromatic rings. The Morgan fingerprint density at radius 2 is 2.38 bits per heavy atom. The Kier molecular flexibility index (Phi) is 5.55. The van der Waals surface area contributed by atoms with Gasteiger partial charge in [-0.25, -0.2) is 0 Å². The number of amides is 1. The van der Waals surface area contributed by atoms with Crippen LogP contribution in [0, 0.1) is 0 Å². The molecule has 0 fully saturated rings. The Balaban J connectivity index is 2.56. The van der Waals surface area contributed by atoms with E-state index in [4.69, 9.17) is 9.15 Å². The van der Waals surface area contributed by atoms with Crippen LogP contribution in [0.2, 0.25) is 0 Å². The summed E-state index contributed by atoms with van der Waals surface area (Å²) < 4.78 is 10.3. The van der Waals surface area contributed by atoms with Crippen molar-refractivity contribution in [1.82, 2.24) is 5.32 Å². The van der Waals surface area contributed by atoms with E-state index >= 15 is 0 Å². The van der Waals surface area contributed by atoms with Crippen LogP contribution in [0.4, 0.5) is 0 Å². The van der Waals surface area contributed by atoms with Crippen LogP contribution in [0.15, 0.2) is 16.5 Å². The van der Waals surface area contributed by atoms with Crippen molar-refractivity contribution < 1.29 is 13.9 Å². The Labute approximate surface area is 103 Å². The van der Waals surface area contributed by atoms with Crippen LogP contribution in [0.25, 0.3) is 0 Å². The van der Waals surface area contributed by atoms with Crippen LogP contribution in [-0.2, 0) is 11.2 Å². The minimum atomic E-state index is -0.207. The van der Waals surface area contributed by atoms with Crippen molar-refractivity contribution in [3.05, 3.63) is 23.7 Å². The maximum absolute atomic E-state index is 11.7. The van der Waals surface area contributed by atoms with E-state index in [1.54, 1.807) is 13.2 Å². The molecule has 0 bridgehead atoms. The van der Waals surface area contributed by atoms with E-state index in [2.05, 4.69) is 21.2 Å². The molecule has 1 unspecified atom stereocenters. The average Bonchev–Trinajstić information content (AvgIpc) is 2.76. The Morgan fingerprint density at radius 3 is 2.88 bits per heavy atom. The van der Waals surface area contributed by atoms with Crippen LogP contribution in [-0.4, -0.2) is 31.0 Å². The zero-order valence-electron chi connectivity index (χ0n) is 9.46. The molecule has 0 aliphatic carbocycles. The molecule has 1 N–H and O–H groups in total. The van der Waals surface area contributed by atoms with Crippen molar-refractivity contribution in [2.45, 2.75) is 19.4 Å². The number of nitrogens with one attached hydrogen (secondary N) is 1. The van der Waals surface area contributed by atoms with Gasteiger partial charge in [-0.3, -0.25) is 4.79 Å². The lowest BCUT2D eigenvalue weighted by Crippen LogP contribution is -2.39. The topological polar surface area (TPSA) is 51.5 Å². The van der Waals surface area contributed by atoms with Gasteiger partial charge in [0.1, 0.15) is 5.76 Å². The molecule has 1 rings (SSSR count). The number of furan rings is 1. The Bertz CT molecular complexity index is 338. The lowest BCUT2D eigenvalue weighted by atomic mass is 10.3. The largest absolute Gasteiger partial charge is 0.456 e. The number of carbonyl (C=O) groups is 1. The predicted molar refractivity (Wildman–Crippen MR) is 65.0 cm³/mol. The van der Waals surface area contributed by atoms with E-state index in [0.29, 0.717) is 17.7 Å². The van der Waals surface area contributed by atoms with Gasteiger partial charge in [0.15, 0.2) is 5.76 Å². The molecule has 5 heteroatoms. The van der Waals surface area contributed by atoms with Crippen LogP contribution in [0.3, 0.4) is 0 Å². The second-order valence-electron chi connectivity index (χ2n) is 3.40. The highest BCUT2D eigenvalue weighted by molar-refractivity contribution is 9.09. The van der Waals surface area contributed by atoms with Gasteiger partial charge < -0.3 is 14.5 Å². The molecule has 90 valence electrons. The lowest BCUT2D eigenvalue weighted by molar-refractivity contribution is 0.0878. The molecule has 1 amide bonds. The monoisotopic (exact) mass is 289 g/mol. The fraction of sp³-hybridized carbons (Fsp3) is 0.545. The van der Waals surface area contributed by atoms with Crippen molar-refractivity contribution in [2.24, 2.45) is 0 Å². The first-order valence-corrected chi connectivity index (χ1v) is 6.27. The van der Waals surface area contributed by atoms with Gasteiger partial charge in [0, 0.05) is 18.9 Å². The molecule has 0 spiro atoms. The summed E-state index contributed by atoms with van der Waals surface area (Å²) in [6.07, 6.45) is 0.785. The third-order valence-electron chi connectivity index (χ3n) is 2.12. The fourth-order valence-corrected chi connectivity index (χ4v) is 1.62. The Morgan fingerprint density at radius 1 is 1.62 bits per heavy atom. The Hall–Kier alpha value is -0.810. The lowest BCUT2D eigenvalue weighted by Gasteiger charge is -2.13. The van der Waals surface area contributed by atoms with Gasteiger partial charge in [0.05, 0.1) is 12.6 Å². The van der Waals surface area contributed by atoms with Gasteiger partial charge in [-0.15, -0.1) is 0 Å². The summed E-state index contributed by atoms with van der Waals surface area (Å²) in [5.74, 6) is 0.951. The molecule has 1 aromatic heterocycles. The first kappa shape index (κ1) is 13.3. The third kappa shape index (κ3) is 3.64. The highest BCUT2D eigenvalue weighted by Gasteiger charge is 2.15. The smallest absolute Gasteiger partial charge is 0.287 e. The van der Waals surface area contributed by atoms with Crippen molar-refractivity contribution in [3.63, 3.8) is 0 Å². The zero-order chi connectivity index (χ0) is 12.0. The van der Waals surface area contributed by atoms with Crippen LogP contribution < -0.4 is 5.32 Å². The molecule has 0 aromatic carbocycles. The number of carbonyl (C=O) groups excluding carboxylic acids is 1. The van der Waals surface area contributed by atoms with E-state index in [9.17, 15) is 4.79 Å². The zero-order valence-corrected chi connectivity index (χ0v) is 11.0. The first-order chi connectivity index (χ1) is 7.71. The third-order valence-corrected chi connectivity index (χ3v) is 2.90. The molecule has 0 aliphatic heterocycles. The molecule has 0 saturated carbocycles. The number of halogens is 1. The predicted octanol–water partition coefficient (Wildman–Crippen LogP) is 1.98. The van der Waals surface area contributed by atoms with Crippen molar-refractivity contribution >= 4 is 21.8 Å². The molecule has 0 saturated heterocycles. The standard InChI is InChI=1S/C11H16BrNO3/c1-3-9-4-5-10(16-9)11(14)13-8(6-12)7-15-2/h4-5,8H,3,6-7H2,1-2H3,(H,13,14). The molecule has 0 radical (unpaired) electrons. The molecule has 0 aliphatic rings. The van der Waals surface area contributed by atoms with E-state index in [1.807, 2.05) is 13.0 Å². The maximum Gasteiger partial charge on any atom is 0.287 e. The summed E-state index contributed by atoms with van der Waals surface area (Å²) in [4.78, 5) is 11.7. The summed E-state index contributed by atoms with van der Waals surface area (Å²) in [6.45, 7) is 2.45. The molecular weight excluding hydrogens is 274 g/mol. The van der Waals surface area contributed by atoms with Gasteiger partial charge in [-0.05, 0) is 12.1 Å². The second-order valence-corrected chi connectivity index (χ2v) is 4.05. The number of aryl methyl sites for hydroxylation is 1. The highest BCUT2D eigenvalue weighted by atomic mass is 79.9. The van der Waals surface area contributed by atoms with Gasteiger partial charge in [0.25, 0.3) is 5.91 Å². The van der Waals surface area contributed by atoms with E-state index in [1.165, 1.54) is 0 Å². The normalized spacial score (nSPS) is 12.4. The van der Waals surface area contributed by atoms with Crippen molar-refractivity contribution in [2.75, 3.05) is 19.0 Å². The minimum absolute atomic E-state index is 0.0484. The molecule has 16 heavy (non-hydrogen) atoms. The average molecular weight is 290 g/mol. The van der Waals surface area contributed by atoms with Crippen LogP contribution in [0.1, 0.15) is 23.2 Å². The minimum Gasteiger partial charge on any atom is -0.456 e. The number of alkyl halides is 1. The number of hydrogen-bond donors (Lipinski definition) is 1. The van der Waals surface area contributed by atoms with E-state index < -0.39 is 0 Å². The van der Waals surface area contributed by atoms with Gasteiger partial charge in [0.2, 0.25) is 0 Å². The maximum atomic E-state index is 11.7. The molecule has 1 heterocycles. The number of methoxy groups -OCH3 is 1. The number of hydrogen-bond acceptors (Lipinski definition) is 3. The van der Waals surface area contributed by atoms with Crippen molar-refractivity contribution in [1.29, 1.82) is 0 Å². The SMILES string of the molecule is CCc1ccc(C(=O)NC(CBr)COC)o1. The van der Waals surface area contributed by atoms with Crippen LogP contribution in [0.5, 0.6) is 0 Å². The molecular formula is C11H16BrNO3. The van der Waals surface area contributed by atoms with E-state index in [0.717, 1.165) is 12.2 Å². The number of ether oxygens (including phenoxy) is 1. The summed E-state index contributed by atoms with van der Waals surface area (Å²) in [5, 5.41) is 3.46. The summed E-state index contributed by atoms with van der Waals surface area (Å²) >= 11 is 3.31. The van der Waals surface area contributed by atoms with E-state index in [-0.39, 0.29) is 11.9 Å².